The Bertz CT molecular complexity index is 798. The second-order valence-corrected chi connectivity index (χ2v) is 4.23. The molecule has 1 aromatic carbocycles. The van der Waals surface area contributed by atoms with Crippen LogP contribution in [0.25, 0.3) is 11.0 Å². The number of aromatic nitrogens is 4. The van der Waals surface area contributed by atoms with Crippen LogP contribution < -0.4 is 5.32 Å². The van der Waals surface area contributed by atoms with Crippen LogP contribution in [0.3, 0.4) is 0 Å². The number of aryl methyl sites for hydroxylation is 1. The molecule has 6 nitrogen and oxygen atoms in total. The van der Waals surface area contributed by atoms with Gasteiger partial charge >= 0.3 is 0 Å². The molecule has 2 heterocycles. The molecular formula is C13H10FN5O. The Morgan fingerprint density at radius 3 is 3.00 bits per heavy atom. The van der Waals surface area contributed by atoms with Crippen molar-refractivity contribution >= 4 is 22.6 Å². The fourth-order valence-corrected chi connectivity index (χ4v) is 1.85. The molecule has 0 atom stereocenters. The van der Waals surface area contributed by atoms with Gasteiger partial charge in [0.25, 0.3) is 5.91 Å². The molecule has 2 aromatic heterocycles. The second-order valence-electron chi connectivity index (χ2n) is 4.23. The van der Waals surface area contributed by atoms with E-state index in [-0.39, 0.29) is 5.69 Å². The summed E-state index contributed by atoms with van der Waals surface area (Å²) < 4.78 is 15.0. The van der Waals surface area contributed by atoms with E-state index in [9.17, 15) is 9.18 Å². The van der Waals surface area contributed by atoms with E-state index in [1.54, 1.807) is 29.9 Å². The highest BCUT2D eigenvalue weighted by molar-refractivity contribution is 6.05. The standard InChI is InChI=1S/C13H10FN5O/c1-19-12-3-2-8(6-11(12)17-18-19)13(20)16-10-4-5-15-7-9(10)14/h2-7H,1H3,(H,15,16,20). The molecule has 0 unspecified atom stereocenters. The average molecular weight is 271 g/mol. The largest absolute Gasteiger partial charge is 0.319 e. The van der Waals surface area contributed by atoms with Gasteiger partial charge in [0, 0.05) is 18.8 Å². The molecule has 0 spiro atoms. The van der Waals surface area contributed by atoms with Crippen LogP contribution in [0.2, 0.25) is 0 Å². The number of carbonyl (C=O) groups is 1. The number of amides is 1. The van der Waals surface area contributed by atoms with Gasteiger partial charge in [-0.15, -0.1) is 5.10 Å². The Kier molecular flexibility index (Phi) is 2.86. The van der Waals surface area contributed by atoms with E-state index in [1.807, 2.05) is 0 Å². The molecule has 0 aliphatic rings. The number of hydrogen-bond acceptors (Lipinski definition) is 4. The molecule has 0 aliphatic carbocycles. The first-order valence-electron chi connectivity index (χ1n) is 5.85. The zero-order valence-corrected chi connectivity index (χ0v) is 10.5. The minimum atomic E-state index is -0.582. The Morgan fingerprint density at radius 1 is 1.35 bits per heavy atom. The molecule has 1 N–H and O–H groups in total. The van der Waals surface area contributed by atoms with Crippen LogP contribution in [0.4, 0.5) is 10.1 Å². The fraction of sp³-hybridized carbons (Fsp3) is 0.0769. The number of pyridine rings is 1. The van der Waals surface area contributed by atoms with Crippen LogP contribution in [0.15, 0.2) is 36.7 Å². The van der Waals surface area contributed by atoms with Gasteiger partial charge in [0.05, 0.1) is 17.4 Å². The van der Waals surface area contributed by atoms with Gasteiger partial charge in [-0.05, 0) is 24.3 Å². The lowest BCUT2D eigenvalue weighted by Gasteiger charge is -2.05. The molecule has 100 valence electrons. The van der Waals surface area contributed by atoms with E-state index in [1.165, 1.54) is 12.3 Å². The molecule has 0 aliphatic heterocycles. The van der Waals surface area contributed by atoms with E-state index in [0.29, 0.717) is 11.1 Å². The third-order valence-electron chi connectivity index (χ3n) is 2.89. The molecule has 20 heavy (non-hydrogen) atoms. The van der Waals surface area contributed by atoms with Gasteiger partial charge in [0.1, 0.15) is 5.52 Å². The lowest BCUT2D eigenvalue weighted by atomic mass is 10.2. The first-order valence-corrected chi connectivity index (χ1v) is 5.85. The van der Waals surface area contributed by atoms with Crippen molar-refractivity contribution in [1.82, 2.24) is 20.0 Å². The summed E-state index contributed by atoms with van der Waals surface area (Å²) in [6.45, 7) is 0. The first kappa shape index (κ1) is 12.2. The van der Waals surface area contributed by atoms with E-state index < -0.39 is 11.7 Å². The molecule has 0 radical (unpaired) electrons. The number of anilines is 1. The van der Waals surface area contributed by atoms with Gasteiger partial charge in [-0.2, -0.15) is 0 Å². The summed E-state index contributed by atoms with van der Waals surface area (Å²) >= 11 is 0. The van der Waals surface area contributed by atoms with Gasteiger partial charge in [-0.1, -0.05) is 5.21 Å². The van der Waals surface area contributed by atoms with Crippen molar-refractivity contribution in [3.05, 3.63) is 48.0 Å². The molecule has 0 bridgehead atoms. The Labute approximate surface area is 113 Å². The average Bonchev–Trinajstić information content (AvgIpc) is 2.82. The highest BCUT2D eigenvalue weighted by Crippen LogP contribution is 2.16. The number of nitrogens with zero attached hydrogens (tertiary/aromatic N) is 4. The summed E-state index contributed by atoms with van der Waals surface area (Å²) in [5, 5.41) is 10.3. The van der Waals surface area contributed by atoms with Crippen LogP contribution in [0.1, 0.15) is 10.4 Å². The van der Waals surface area contributed by atoms with Crippen LogP contribution in [-0.2, 0) is 7.05 Å². The highest BCUT2D eigenvalue weighted by atomic mass is 19.1. The molecule has 0 fully saturated rings. The Balaban J connectivity index is 1.91. The van der Waals surface area contributed by atoms with Crippen molar-refractivity contribution in [2.24, 2.45) is 7.05 Å². The Morgan fingerprint density at radius 2 is 2.20 bits per heavy atom. The van der Waals surface area contributed by atoms with Crippen molar-refractivity contribution in [1.29, 1.82) is 0 Å². The number of halogens is 1. The molecular weight excluding hydrogens is 261 g/mol. The highest BCUT2D eigenvalue weighted by Gasteiger charge is 2.11. The number of fused-ring (bicyclic) bond motifs is 1. The topological polar surface area (TPSA) is 72.7 Å². The zero-order valence-electron chi connectivity index (χ0n) is 10.5. The zero-order chi connectivity index (χ0) is 14.1. The molecule has 0 saturated heterocycles. The molecule has 1 amide bonds. The normalized spacial score (nSPS) is 10.7. The molecule has 3 rings (SSSR count). The SMILES string of the molecule is Cn1nnc2cc(C(=O)Nc3ccncc3F)ccc21. The van der Waals surface area contributed by atoms with Crippen LogP contribution in [-0.4, -0.2) is 25.9 Å². The Hall–Kier alpha value is -2.83. The maximum atomic E-state index is 13.4. The molecule has 3 aromatic rings. The number of hydrogen-bond donors (Lipinski definition) is 1. The predicted octanol–water partition coefficient (Wildman–Crippen LogP) is 1.75. The summed E-state index contributed by atoms with van der Waals surface area (Å²) in [5.74, 6) is -0.996. The van der Waals surface area contributed by atoms with Crippen LogP contribution in [0.5, 0.6) is 0 Å². The van der Waals surface area contributed by atoms with Gasteiger partial charge in [0.15, 0.2) is 5.82 Å². The van der Waals surface area contributed by atoms with E-state index >= 15 is 0 Å². The summed E-state index contributed by atoms with van der Waals surface area (Å²) in [5.41, 5.74) is 1.89. The van der Waals surface area contributed by atoms with Crippen LogP contribution in [0, 0.1) is 5.82 Å². The predicted molar refractivity (Wildman–Crippen MR) is 70.7 cm³/mol. The maximum absolute atomic E-state index is 13.4. The van der Waals surface area contributed by atoms with Crippen molar-refractivity contribution in [2.45, 2.75) is 0 Å². The summed E-state index contributed by atoms with van der Waals surface area (Å²) in [6.07, 6.45) is 2.45. The summed E-state index contributed by atoms with van der Waals surface area (Å²) in [4.78, 5) is 15.7. The second kappa shape index (κ2) is 4.69. The quantitative estimate of drug-likeness (QED) is 0.770. The van der Waals surface area contributed by atoms with Gasteiger partial charge in [-0.25, -0.2) is 9.07 Å². The van der Waals surface area contributed by atoms with E-state index in [4.69, 9.17) is 0 Å². The fourth-order valence-electron chi connectivity index (χ4n) is 1.85. The first-order chi connectivity index (χ1) is 9.65. The van der Waals surface area contributed by atoms with Crippen molar-refractivity contribution in [2.75, 3.05) is 5.32 Å². The third-order valence-corrected chi connectivity index (χ3v) is 2.89. The van der Waals surface area contributed by atoms with E-state index in [0.717, 1.165) is 11.7 Å². The van der Waals surface area contributed by atoms with Gasteiger partial charge in [-0.3, -0.25) is 9.78 Å². The molecule has 7 heteroatoms. The number of rotatable bonds is 2. The lowest BCUT2D eigenvalue weighted by Crippen LogP contribution is -2.13. The van der Waals surface area contributed by atoms with Crippen molar-refractivity contribution in [3.63, 3.8) is 0 Å². The minimum Gasteiger partial charge on any atom is -0.319 e. The third kappa shape index (κ3) is 2.09. The van der Waals surface area contributed by atoms with Crippen LogP contribution >= 0.6 is 0 Å². The van der Waals surface area contributed by atoms with Crippen molar-refractivity contribution in [3.8, 4) is 0 Å². The van der Waals surface area contributed by atoms with Gasteiger partial charge < -0.3 is 5.32 Å². The number of benzene rings is 1. The van der Waals surface area contributed by atoms with E-state index in [2.05, 4.69) is 20.6 Å². The summed E-state index contributed by atoms with van der Waals surface area (Å²) in [7, 11) is 1.77. The minimum absolute atomic E-state index is 0.0873. The smallest absolute Gasteiger partial charge is 0.255 e. The summed E-state index contributed by atoms with van der Waals surface area (Å²) in [6, 6.07) is 6.39. The van der Waals surface area contributed by atoms with Crippen molar-refractivity contribution < 1.29 is 9.18 Å². The number of nitrogens with one attached hydrogen (secondary N) is 1. The molecule has 0 saturated carbocycles. The number of carbonyl (C=O) groups excluding carboxylic acids is 1. The monoisotopic (exact) mass is 271 g/mol. The maximum Gasteiger partial charge on any atom is 0.255 e. The lowest BCUT2D eigenvalue weighted by molar-refractivity contribution is 0.102. The van der Waals surface area contributed by atoms with Gasteiger partial charge in [0.2, 0.25) is 0 Å².